The van der Waals surface area contributed by atoms with Crippen LogP contribution >= 0.6 is 0 Å². The number of aliphatic hydroxyl groups is 1. The minimum Gasteiger partial charge on any atom is -0.512 e. The van der Waals surface area contributed by atoms with Gasteiger partial charge in [-0.25, -0.2) is 4.98 Å². The number of ketones is 1. The van der Waals surface area contributed by atoms with Crippen molar-refractivity contribution in [2.24, 2.45) is 0 Å². The standard InChI is InChI=1S/C28H21N2O2.C5H8O2.Ir/c1-16(2)18-8-10-19(11-9-18)25-15-20-12-14-24(30-27(20)31-25)23-6-4-5-21-22-13-7-17(3)29-28(22)32-26(21)23;1-4(6)3-5(2)7;/h4-5,7-16H,1-3H3;3,6H,1-2H3;/q-1;;/b;4-3-;. The number of fused-ring (bicyclic) bond motifs is 4. The van der Waals surface area contributed by atoms with Gasteiger partial charge in [-0.05, 0) is 56.1 Å². The number of aromatic nitrogens is 2. The summed E-state index contributed by atoms with van der Waals surface area (Å²) in [6.07, 6.45) is 1.17. The number of rotatable bonds is 4. The third-order valence-electron chi connectivity index (χ3n) is 6.35. The molecule has 0 aliphatic carbocycles. The molecule has 0 atom stereocenters. The molecule has 6 nitrogen and oxygen atoms in total. The van der Waals surface area contributed by atoms with Crippen LogP contribution in [0.1, 0.15) is 44.9 Å². The second-order valence-electron chi connectivity index (χ2n) is 9.88. The van der Waals surface area contributed by atoms with E-state index < -0.39 is 0 Å². The molecule has 0 unspecified atom stereocenters. The molecule has 1 radical (unpaired) electrons. The Morgan fingerprint density at radius 3 is 2.33 bits per heavy atom. The van der Waals surface area contributed by atoms with Crippen molar-refractivity contribution in [2.75, 3.05) is 0 Å². The van der Waals surface area contributed by atoms with Crippen molar-refractivity contribution in [3.63, 3.8) is 0 Å². The summed E-state index contributed by atoms with van der Waals surface area (Å²) in [6.45, 7) is 9.19. The van der Waals surface area contributed by atoms with Crippen molar-refractivity contribution in [3.05, 3.63) is 95.9 Å². The Hall–Kier alpha value is -4.06. The fourth-order valence-electron chi connectivity index (χ4n) is 4.43. The summed E-state index contributed by atoms with van der Waals surface area (Å²) in [5.41, 5.74) is 6.81. The molecule has 40 heavy (non-hydrogen) atoms. The SMILES string of the molecule is CC(=O)/C=C(/C)O.Cc1ccc2c(n1)oc1c(-c3ccc4cc(-c5ccc(C(C)C)cc5)oc4n3)[c-]ccc12.[Ir]. The van der Waals surface area contributed by atoms with E-state index in [-0.39, 0.29) is 31.6 Å². The van der Waals surface area contributed by atoms with Crippen LogP contribution < -0.4 is 0 Å². The largest absolute Gasteiger partial charge is 0.512 e. The van der Waals surface area contributed by atoms with E-state index in [2.05, 4.69) is 49.2 Å². The summed E-state index contributed by atoms with van der Waals surface area (Å²) >= 11 is 0. The van der Waals surface area contributed by atoms with Crippen LogP contribution in [0, 0.1) is 13.0 Å². The number of aliphatic hydroxyl groups excluding tert-OH is 1. The summed E-state index contributed by atoms with van der Waals surface area (Å²) in [6, 6.07) is 25.8. The second-order valence-corrected chi connectivity index (χ2v) is 9.88. The smallest absolute Gasteiger partial charge is 0.217 e. The molecule has 0 fully saturated rings. The summed E-state index contributed by atoms with van der Waals surface area (Å²) in [7, 11) is 0. The van der Waals surface area contributed by atoms with Crippen LogP contribution in [0.25, 0.3) is 55.7 Å². The van der Waals surface area contributed by atoms with E-state index in [1.807, 2.05) is 49.4 Å². The number of hydrogen-bond acceptors (Lipinski definition) is 6. The molecule has 205 valence electrons. The van der Waals surface area contributed by atoms with Crippen molar-refractivity contribution in [2.45, 2.75) is 40.5 Å². The van der Waals surface area contributed by atoms with Gasteiger partial charge in [-0.15, -0.1) is 18.2 Å². The minimum absolute atomic E-state index is 0. The van der Waals surface area contributed by atoms with Gasteiger partial charge in [0.25, 0.3) is 0 Å². The maximum atomic E-state index is 10.0. The fraction of sp³-hybridized carbons (Fsp3) is 0.182. The first-order valence-corrected chi connectivity index (χ1v) is 12.8. The molecule has 0 amide bonds. The summed E-state index contributed by atoms with van der Waals surface area (Å²) in [5.74, 6) is 1.25. The first-order chi connectivity index (χ1) is 18.7. The fourth-order valence-corrected chi connectivity index (χ4v) is 4.43. The molecule has 0 bridgehead atoms. The molecule has 0 spiro atoms. The van der Waals surface area contributed by atoms with Crippen LogP contribution in [-0.2, 0) is 24.9 Å². The van der Waals surface area contributed by atoms with E-state index >= 15 is 0 Å². The molecular weight excluding hydrogens is 681 g/mol. The van der Waals surface area contributed by atoms with Gasteiger partial charge in [0.05, 0.1) is 11.3 Å². The molecule has 0 saturated carbocycles. The number of carbonyl (C=O) groups excluding carboxylic acids is 1. The average Bonchev–Trinajstić information content (AvgIpc) is 3.48. The summed E-state index contributed by atoms with van der Waals surface area (Å²) < 4.78 is 12.3. The van der Waals surface area contributed by atoms with E-state index in [4.69, 9.17) is 18.9 Å². The molecule has 0 aliphatic heterocycles. The average molecular weight is 710 g/mol. The van der Waals surface area contributed by atoms with Gasteiger partial charge in [-0.3, -0.25) is 9.78 Å². The van der Waals surface area contributed by atoms with Gasteiger partial charge in [-0.1, -0.05) is 61.2 Å². The Balaban J connectivity index is 0.000000413. The Bertz CT molecular complexity index is 1840. The molecule has 6 aromatic rings. The Morgan fingerprint density at radius 2 is 1.68 bits per heavy atom. The maximum Gasteiger partial charge on any atom is 0.217 e. The van der Waals surface area contributed by atoms with Crippen molar-refractivity contribution >= 4 is 39.0 Å². The minimum atomic E-state index is -0.125. The molecular formula is C33H29IrN2O4-. The molecule has 4 heterocycles. The third kappa shape index (κ3) is 6.06. The maximum absolute atomic E-state index is 10.0. The van der Waals surface area contributed by atoms with E-state index in [9.17, 15) is 4.79 Å². The number of furan rings is 2. The third-order valence-corrected chi connectivity index (χ3v) is 6.35. The van der Waals surface area contributed by atoms with E-state index in [1.165, 1.54) is 25.5 Å². The van der Waals surface area contributed by atoms with Gasteiger partial charge in [-0.2, -0.15) is 0 Å². The van der Waals surface area contributed by atoms with Gasteiger partial charge in [0, 0.05) is 48.2 Å². The van der Waals surface area contributed by atoms with E-state index in [0.717, 1.165) is 50.0 Å². The number of aryl methyl sites for hydroxylation is 1. The van der Waals surface area contributed by atoms with Gasteiger partial charge in [0.15, 0.2) is 5.78 Å². The van der Waals surface area contributed by atoms with Crippen LogP contribution in [-0.4, -0.2) is 20.9 Å². The monoisotopic (exact) mass is 710 g/mol. The first kappa shape index (κ1) is 28.9. The molecule has 4 aromatic heterocycles. The van der Waals surface area contributed by atoms with Crippen LogP contribution in [0.3, 0.4) is 0 Å². The van der Waals surface area contributed by atoms with Gasteiger partial charge >= 0.3 is 0 Å². The zero-order valence-electron chi connectivity index (χ0n) is 22.9. The Labute approximate surface area is 246 Å². The number of carbonyl (C=O) groups is 1. The van der Waals surface area contributed by atoms with Crippen molar-refractivity contribution in [1.82, 2.24) is 9.97 Å². The molecule has 1 N–H and O–H groups in total. The molecule has 6 rings (SSSR count). The van der Waals surface area contributed by atoms with Crippen LogP contribution in [0.15, 0.2) is 87.4 Å². The van der Waals surface area contributed by atoms with Crippen LogP contribution in [0.4, 0.5) is 0 Å². The molecule has 7 heteroatoms. The van der Waals surface area contributed by atoms with Crippen molar-refractivity contribution in [3.8, 4) is 22.6 Å². The van der Waals surface area contributed by atoms with Crippen LogP contribution in [0.5, 0.6) is 0 Å². The zero-order valence-corrected chi connectivity index (χ0v) is 25.3. The normalized spacial score (nSPS) is 11.5. The molecule has 0 aliphatic rings. The Kier molecular flexibility index (Phi) is 8.67. The molecule has 0 saturated heterocycles. The quantitative estimate of drug-likeness (QED) is 0.112. The zero-order chi connectivity index (χ0) is 27.7. The van der Waals surface area contributed by atoms with Gasteiger partial charge < -0.3 is 13.9 Å². The topological polar surface area (TPSA) is 89.4 Å². The van der Waals surface area contributed by atoms with Gasteiger partial charge in [0.2, 0.25) is 11.4 Å². The van der Waals surface area contributed by atoms with Crippen molar-refractivity contribution in [1.29, 1.82) is 0 Å². The predicted octanol–water partition coefficient (Wildman–Crippen LogP) is 8.72. The number of allylic oxidation sites excluding steroid dienone is 2. The van der Waals surface area contributed by atoms with E-state index in [0.29, 0.717) is 17.3 Å². The second kappa shape index (κ2) is 12.0. The molecule has 2 aromatic carbocycles. The summed E-state index contributed by atoms with van der Waals surface area (Å²) in [4.78, 5) is 19.3. The summed E-state index contributed by atoms with van der Waals surface area (Å²) in [5, 5.41) is 11.3. The van der Waals surface area contributed by atoms with Gasteiger partial charge in [0.1, 0.15) is 5.76 Å². The number of pyridine rings is 2. The van der Waals surface area contributed by atoms with E-state index in [1.54, 1.807) is 0 Å². The van der Waals surface area contributed by atoms with Crippen molar-refractivity contribution < 1.29 is 38.8 Å². The number of hydrogen-bond donors (Lipinski definition) is 1. The van der Waals surface area contributed by atoms with Crippen LogP contribution in [0.2, 0.25) is 0 Å². The Morgan fingerprint density at radius 1 is 0.925 bits per heavy atom. The predicted molar refractivity (Wildman–Crippen MR) is 155 cm³/mol. The first-order valence-electron chi connectivity index (χ1n) is 12.8. The number of nitrogens with zero attached hydrogens (tertiary/aromatic N) is 2. The number of benzene rings is 2.